The van der Waals surface area contributed by atoms with Crippen LogP contribution in [0.1, 0.15) is 44.4 Å². The fourth-order valence-corrected chi connectivity index (χ4v) is 3.76. The smallest absolute Gasteiger partial charge is 0.259 e. The van der Waals surface area contributed by atoms with Crippen molar-refractivity contribution in [3.63, 3.8) is 0 Å². The van der Waals surface area contributed by atoms with Crippen LogP contribution in [0.4, 0.5) is 0 Å². The van der Waals surface area contributed by atoms with Gasteiger partial charge in [0, 0.05) is 42.3 Å². The number of halogens is 1. The summed E-state index contributed by atoms with van der Waals surface area (Å²) in [5, 5.41) is 8.06. The van der Waals surface area contributed by atoms with Gasteiger partial charge in [-0.1, -0.05) is 16.8 Å². The van der Waals surface area contributed by atoms with E-state index in [1.807, 2.05) is 0 Å². The molecule has 4 rings (SSSR count). The van der Waals surface area contributed by atoms with E-state index in [4.69, 9.17) is 16.1 Å². The summed E-state index contributed by atoms with van der Waals surface area (Å²) in [6.45, 7) is 2.91. The Labute approximate surface area is 166 Å². The number of likely N-dealkylation sites (tertiary alicyclic amines) is 1. The van der Waals surface area contributed by atoms with Gasteiger partial charge in [0.2, 0.25) is 0 Å². The third kappa shape index (κ3) is 3.22. The zero-order valence-corrected chi connectivity index (χ0v) is 16.3. The highest BCUT2D eigenvalue weighted by molar-refractivity contribution is 6.30. The Kier molecular flexibility index (Phi) is 4.77. The molecule has 3 heterocycles. The molecule has 144 valence electrons. The second-order valence-corrected chi connectivity index (χ2v) is 7.32. The number of rotatable bonds is 3. The Balaban J connectivity index is 1.64. The molecule has 1 N–H and O–H groups in total. The summed E-state index contributed by atoms with van der Waals surface area (Å²) >= 11 is 5.90. The van der Waals surface area contributed by atoms with Gasteiger partial charge in [-0.15, -0.1) is 0 Å². The molecule has 2 aromatic heterocycles. The zero-order chi connectivity index (χ0) is 19.8. The Hall–Kier alpha value is -2.93. The van der Waals surface area contributed by atoms with Gasteiger partial charge < -0.3 is 14.7 Å². The summed E-state index contributed by atoms with van der Waals surface area (Å²) < 4.78 is 5.41. The molecule has 0 saturated carbocycles. The molecule has 1 unspecified atom stereocenters. The molecule has 1 aliphatic rings. The number of nitrogens with one attached hydrogen (secondary N) is 1. The molecule has 1 aliphatic heterocycles. The van der Waals surface area contributed by atoms with E-state index >= 15 is 0 Å². The van der Waals surface area contributed by atoms with Gasteiger partial charge in [-0.3, -0.25) is 9.59 Å². The molecule has 1 saturated heterocycles. The van der Waals surface area contributed by atoms with Crippen LogP contribution in [0.2, 0.25) is 5.02 Å². The average molecular weight is 399 g/mol. The molecule has 0 spiro atoms. The number of pyridine rings is 1. The molecule has 2 amide bonds. The first-order chi connectivity index (χ1) is 13.5. The Morgan fingerprint density at radius 2 is 2.04 bits per heavy atom. The van der Waals surface area contributed by atoms with Crippen LogP contribution in [0.15, 0.2) is 34.9 Å². The van der Waals surface area contributed by atoms with Crippen molar-refractivity contribution in [1.29, 1.82) is 0 Å². The second-order valence-electron chi connectivity index (χ2n) is 6.88. The lowest BCUT2D eigenvalue weighted by Crippen LogP contribution is -2.28. The number of carbonyl (C=O) groups is 2. The minimum absolute atomic E-state index is 0.0228. The van der Waals surface area contributed by atoms with Crippen molar-refractivity contribution < 1.29 is 14.1 Å². The van der Waals surface area contributed by atoms with Crippen molar-refractivity contribution in [2.24, 2.45) is 0 Å². The highest BCUT2D eigenvalue weighted by Gasteiger charge is 2.32. The van der Waals surface area contributed by atoms with Gasteiger partial charge in [0.1, 0.15) is 0 Å². The average Bonchev–Trinajstić information content (AvgIpc) is 3.33. The van der Waals surface area contributed by atoms with E-state index in [1.54, 1.807) is 49.2 Å². The Morgan fingerprint density at radius 3 is 2.75 bits per heavy atom. The summed E-state index contributed by atoms with van der Waals surface area (Å²) in [5.41, 5.74) is 2.78. The van der Waals surface area contributed by atoms with Gasteiger partial charge in [-0.2, -0.15) is 0 Å². The molecular formula is C20H19ClN4O3. The van der Waals surface area contributed by atoms with Crippen molar-refractivity contribution in [2.75, 3.05) is 20.1 Å². The molecule has 1 fully saturated rings. The first kappa shape index (κ1) is 18.4. The van der Waals surface area contributed by atoms with Gasteiger partial charge in [-0.05, 0) is 43.7 Å². The van der Waals surface area contributed by atoms with E-state index in [0.29, 0.717) is 51.7 Å². The fraction of sp³-hybridized carbons (Fsp3) is 0.300. The summed E-state index contributed by atoms with van der Waals surface area (Å²) in [6, 6.07) is 8.58. The lowest BCUT2D eigenvalue weighted by Gasteiger charge is -2.16. The van der Waals surface area contributed by atoms with Gasteiger partial charge in [0.15, 0.2) is 0 Å². The Bertz CT molecular complexity index is 1060. The largest absolute Gasteiger partial charge is 0.355 e. The van der Waals surface area contributed by atoms with Crippen LogP contribution in [0.3, 0.4) is 0 Å². The molecule has 28 heavy (non-hydrogen) atoms. The van der Waals surface area contributed by atoms with E-state index in [0.717, 1.165) is 6.42 Å². The summed E-state index contributed by atoms with van der Waals surface area (Å²) in [6.07, 6.45) is 0.738. The number of benzene rings is 1. The summed E-state index contributed by atoms with van der Waals surface area (Å²) in [7, 11) is 1.58. The Morgan fingerprint density at radius 1 is 1.29 bits per heavy atom. The molecule has 7 nitrogen and oxygen atoms in total. The van der Waals surface area contributed by atoms with E-state index < -0.39 is 0 Å². The second kappa shape index (κ2) is 7.24. The van der Waals surface area contributed by atoms with Crippen LogP contribution in [0.5, 0.6) is 0 Å². The van der Waals surface area contributed by atoms with Gasteiger partial charge >= 0.3 is 0 Å². The van der Waals surface area contributed by atoms with Crippen LogP contribution >= 0.6 is 11.6 Å². The topological polar surface area (TPSA) is 88.3 Å². The van der Waals surface area contributed by atoms with E-state index in [-0.39, 0.29) is 17.7 Å². The third-order valence-corrected chi connectivity index (χ3v) is 5.28. The molecule has 3 aromatic rings. The first-order valence-corrected chi connectivity index (χ1v) is 9.39. The maximum absolute atomic E-state index is 12.8. The van der Waals surface area contributed by atoms with Crippen LogP contribution in [-0.4, -0.2) is 47.0 Å². The molecule has 8 heteroatoms. The van der Waals surface area contributed by atoms with Gasteiger partial charge in [0.05, 0.1) is 16.6 Å². The van der Waals surface area contributed by atoms with E-state index in [9.17, 15) is 9.59 Å². The number of fused-ring (bicyclic) bond motifs is 1. The van der Waals surface area contributed by atoms with E-state index in [2.05, 4.69) is 15.5 Å². The van der Waals surface area contributed by atoms with Crippen molar-refractivity contribution in [3.05, 3.63) is 57.9 Å². The maximum Gasteiger partial charge on any atom is 0.259 e. The van der Waals surface area contributed by atoms with Gasteiger partial charge in [0.25, 0.3) is 17.5 Å². The predicted octanol–water partition coefficient (Wildman–Crippen LogP) is 3.17. The fourth-order valence-electron chi connectivity index (χ4n) is 3.63. The van der Waals surface area contributed by atoms with Crippen LogP contribution < -0.4 is 5.32 Å². The lowest BCUT2D eigenvalue weighted by molar-refractivity contribution is 0.0790. The molecule has 0 aliphatic carbocycles. The lowest BCUT2D eigenvalue weighted by atomic mass is 9.99. The number of carbonyl (C=O) groups excluding carboxylic acids is 2. The van der Waals surface area contributed by atoms with Crippen LogP contribution in [0, 0.1) is 6.92 Å². The predicted molar refractivity (Wildman–Crippen MR) is 105 cm³/mol. The molecular weight excluding hydrogens is 380 g/mol. The quantitative estimate of drug-likeness (QED) is 0.732. The number of hydrogen-bond acceptors (Lipinski definition) is 5. The zero-order valence-electron chi connectivity index (χ0n) is 15.5. The first-order valence-electron chi connectivity index (χ1n) is 9.01. The third-order valence-electron chi connectivity index (χ3n) is 5.03. The standard InChI is InChI=1S/C20H19ClN4O3/c1-11-9-15(18(26)22-2)16-17(24-28-19(16)23-11)13-7-8-25(10-13)20(27)12-3-5-14(21)6-4-12/h3-6,9,13H,7-8,10H2,1-2H3,(H,22,26). The highest BCUT2D eigenvalue weighted by atomic mass is 35.5. The van der Waals surface area contributed by atoms with Crippen molar-refractivity contribution in [2.45, 2.75) is 19.3 Å². The van der Waals surface area contributed by atoms with Crippen LogP contribution in [0.25, 0.3) is 11.1 Å². The molecule has 1 atom stereocenters. The number of hydrogen-bond donors (Lipinski definition) is 1. The summed E-state index contributed by atoms with van der Waals surface area (Å²) in [5.74, 6) is -0.287. The minimum atomic E-state index is -0.216. The maximum atomic E-state index is 12.8. The van der Waals surface area contributed by atoms with Crippen LogP contribution in [-0.2, 0) is 0 Å². The van der Waals surface area contributed by atoms with E-state index in [1.165, 1.54) is 0 Å². The van der Waals surface area contributed by atoms with Gasteiger partial charge in [-0.25, -0.2) is 4.98 Å². The molecule has 0 radical (unpaired) electrons. The number of nitrogens with zero attached hydrogens (tertiary/aromatic N) is 3. The molecule has 0 bridgehead atoms. The molecule has 1 aromatic carbocycles. The number of aromatic nitrogens is 2. The summed E-state index contributed by atoms with van der Waals surface area (Å²) in [4.78, 5) is 31.3. The normalized spacial score (nSPS) is 16.5. The minimum Gasteiger partial charge on any atom is -0.355 e. The monoisotopic (exact) mass is 398 g/mol. The van der Waals surface area contributed by atoms with Crippen molar-refractivity contribution >= 4 is 34.5 Å². The van der Waals surface area contributed by atoms with Crippen molar-refractivity contribution in [3.8, 4) is 0 Å². The number of aryl methyl sites for hydroxylation is 1. The SMILES string of the molecule is CNC(=O)c1cc(C)nc2onc(C3CCN(C(=O)c4ccc(Cl)cc4)C3)c12. The van der Waals surface area contributed by atoms with Crippen molar-refractivity contribution in [1.82, 2.24) is 20.4 Å². The number of amides is 2. The highest BCUT2D eigenvalue weighted by Crippen LogP contribution is 2.34.